The molecule has 0 aromatic carbocycles. The molecule has 1 rings (SSSR count). The van der Waals surface area contributed by atoms with Gasteiger partial charge in [-0.15, -0.1) is 0 Å². The summed E-state index contributed by atoms with van der Waals surface area (Å²) in [6.45, 7) is 0.318. The van der Waals surface area contributed by atoms with Crippen molar-refractivity contribution in [2.45, 2.75) is 6.54 Å². The van der Waals surface area contributed by atoms with Gasteiger partial charge in [0, 0.05) is 18.0 Å². The molecule has 6 heteroatoms. The van der Waals surface area contributed by atoms with Crippen LogP contribution in [0.25, 0.3) is 0 Å². The molecule has 1 N–H and O–H groups in total. The van der Waals surface area contributed by atoms with Gasteiger partial charge in [0.15, 0.2) is 0 Å². The Bertz CT molecular complexity index is 284. The lowest BCUT2D eigenvalue weighted by atomic mass is 10.4. The molecule has 0 amide bonds. The highest BCUT2D eigenvalue weighted by Crippen LogP contribution is 2.24. The van der Waals surface area contributed by atoms with E-state index in [1.54, 1.807) is 6.07 Å². The molecule has 66 valence electrons. The van der Waals surface area contributed by atoms with Crippen LogP contribution in [0.5, 0.6) is 0 Å². The maximum absolute atomic E-state index is 10.2. The van der Waals surface area contributed by atoms with E-state index in [0.717, 1.165) is 21.3 Å². The Morgan fingerprint density at radius 1 is 1.75 bits per heavy atom. The van der Waals surface area contributed by atoms with Crippen LogP contribution in [0, 0.1) is 10.1 Å². The van der Waals surface area contributed by atoms with Gasteiger partial charge in [-0.2, -0.15) is 5.06 Å². The first-order chi connectivity index (χ1) is 5.59. The van der Waals surface area contributed by atoms with Crippen molar-refractivity contribution in [3.05, 3.63) is 27.1 Å². The maximum Gasteiger partial charge on any atom is 0.324 e. The first kappa shape index (κ1) is 9.11. The molecular weight excluding hydrogens is 180 g/mol. The van der Waals surface area contributed by atoms with Crippen LogP contribution >= 0.6 is 11.3 Å². The third kappa shape index (κ3) is 2.26. The SMILES string of the molecule is CN(O)Cc1ccc([N+](=O)[O-])s1. The topological polar surface area (TPSA) is 66.6 Å². The number of hydrogen-bond acceptors (Lipinski definition) is 5. The number of rotatable bonds is 3. The van der Waals surface area contributed by atoms with Crippen LogP contribution in [0.1, 0.15) is 4.88 Å². The first-order valence-electron chi connectivity index (χ1n) is 3.22. The zero-order chi connectivity index (χ0) is 9.14. The molecule has 0 radical (unpaired) electrons. The molecule has 0 fully saturated rings. The second-order valence-electron chi connectivity index (χ2n) is 2.31. The molecule has 1 heterocycles. The third-order valence-electron chi connectivity index (χ3n) is 1.21. The van der Waals surface area contributed by atoms with E-state index in [4.69, 9.17) is 5.21 Å². The van der Waals surface area contributed by atoms with E-state index in [1.165, 1.54) is 13.1 Å². The second-order valence-corrected chi connectivity index (χ2v) is 3.46. The molecule has 0 spiro atoms. The lowest BCUT2D eigenvalue weighted by molar-refractivity contribution is -0.380. The molecular formula is C6H8N2O3S. The summed E-state index contributed by atoms with van der Waals surface area (Å²) in [5.41, 5.74) is 0. The summed E-state index contributed by atoms with van der Waals surface area (Å²) in [5.74, 6) is 0. The van der Waals surface area contributed by atoms with Gasteiger partial charge < -0.3 is 5.21 Å². The van der Waals surface area contributed by atoms with E-state index in [9.17, 15) is 10.1 Å². The summed E-state index contributed by atoms with van der Waals surface area (Å²) in [7, 11) is 1.49. The van der Waals surface area contributed by atoms with Gasteiger partial charge in [0.1, 0.15) is 0 Å². The molecule has 1 aromatic heterocycles. The van der Waals surface area contributed by atoms with Crippen LogP contribution in [0.2, 0.25) is 0 Å². The third-order valence-corrected chi connectivity index (χ3v) is 2.23. The molecule has 1 aromatic rings. The molecule has 0 saturated carbocycles. The van der Waals surface area contributed by atoms with Crippen LogP contribution in [-0.4, -0.2) is 22.2 Å². The minimum Gasteiger partial charge on any atom is -0.314 e. The fraction of sp³-hybridized carbons (Fsp3) is 0.333. The van der Waals surface area contributed by atoms with E-state index < -0.39 is 4.92 Å². The summed E-state index contributed by atoms with van der Waals surface area (Å²) in [6, 6.07) is 3.07. The Labute approximate surface area is 73.0 Å². The molecule has 0 aliphatic rings. The smallest absolute Gasteiger partial charge is 0.314 e. The Morgan fingerprint density at radius 3 is 2.83 bits per heavy atom. The maximum atomic E-state index is 10.2. The van der Waals surface area contributed by atoms with E-state index >= 15 is 0 Å². The summed E-state index contributed by atoms with van der Waals surface area (Å²) in [5, 5.41) is 20.1. The van der Waals surface area contributed by atoms with Gasteiger partial charge in [0.05, 0.1) is 11.5 Å². The largest absolute Gasteiger partial charge is 0.324 e. The highest BCUT2D eigenvalue weighted by Gasteiger charge is 2.09. The predicted octanol–water partition coefficient (Wildman–Crippen LogP) is 1.48. The van der Waals surface area contributed by atoms with E-state index in [-0.39, 0.29) is 5.00 Å². The fourth-order valence-corrected chi connectivity index (χ4v) is 1.64. The average molecular weight is 188 g/mol. The van der Waals surface area contributed by atoms with Gasteiger partial charge in [0.25, 0.3) is 0 Å². The Hall–Kier alpha value is -0.980. The van der Waals surface area contributed by atoms with Crippen molar-refractivity contribution in [1.29, 1.82) is 0 Å². The molecule has 0 unspecified atom stereocenters. The van der Waals surface area contributed by atoms with E-state index in [1.807, 2.05) is 0 Å². The first-order valence-corrected chi connectivity index (χ1v) is 4.04. The van der Waals surface area contributed by atoms with Crippen LogP contribution in [0.3, 0.4) is 0 Å². The lowest BCUT2D eigenvalue weighted by Gasteiger charge is -2.03. The highest BCUT2D eigenvalue weighted by atomic mass is 32.1. The van der Waals surface area contributed by atoms with Crippen LogP contribution in [0.4, 0.5) is 5.00 Å². The van der Waals surface area contributed by atoms with Crippen molar-refractivity contribution in [1.82, 2.24) is 5.06 Å². The van der Waals surface area contributed by atoms with Crippen molar-refractivity contribution >= 4 is 16.3 Å². The van der Waals surface area contributed by atoms with Crippen molar-refractivity contribution < 1.29 is 10.1 Å². The zero-order valence-corrected chi connectivity index (χ0v) is 7.24. The van der Waals surface area contributed by atoms with Crippen LogP contribution in [0.15, 0.2) is 12.1 Å². The van der Waals surface area contributed by atoms with E-state index in [2.05, 4.69) is 0 Å². The van der Waals surface area contributed by atoms with Gasteiger partial charge in [-0.3, -0.25) is 10.1 Å². The number of hydrogen-bond donors (Lipinski definition) is 1. The highest BCUT2D eigenvalue weighted by molar-refractivity contribution is 7.15. The standard InChI is InChI=1S/C6H8N2O3S/c1-7(9)4-5-2-3-6(12-5)8(10)11/h2-3,9H,4H2,1H3. The van der Waals surface area contributed by atoms with Gasteiger partial charge in [-0.25, -0.2) is 0 Å². The quantitative estimate of drug-likeness (QED) is 0.576. The van der Waals surface area contributed by atoms with Crippen molar-refractivity contribution in [2.24, 2.45) is 0 Å². The molecule has 12 heavy (non-hydrogen) atoms. The number of hydroxylamine groups is 2. The number of thiophene rings is 1. The average Bonchev–Trinajstić information content (AvgIpc) is 2.34. The molecule has 0 saturated heterocycles. The lowest BCUT2D eigenvalue weighted by Crippen LogP contribution is -2.10. The van der Waals surface area contributed by atoms with Crippen LogP contribution in [-0.2, 0) is 6.54 Å². The summed E-state index contributed by atoms with van der Waals surface area (Å²) in [4.78, 5) is 10.6. The normalized spacial score (nSPS) is 10.6. The Kier molecular flexibility index (Phi) is 2.74. The molecule has 0 bridgehead atoms. The molecule has 0 atom stereocenters. The van der Waals surface area contributed by atoms with E-state index in [0.29, 0.717) is 6.54 Å². The minimum atomic E-state index is -0.439. The van der Waals surface area contributed by atoms with Crippen molar-refractivity contribution in [3.8, 4) is 0 Å². The van der Waals surface area contributed by atoms with Gasteiger partial charge in [-0.1, -0.05) is 11.3 Å². The minimum absolute atomic E-state index is 0.104. The molecule has 0 aliphatic carbocycles. The fourth-order valence-electron chi connectivity index (χ4n) is 0.775. The number of nitro groups is 1. The van der Waals surface area contributed by atoms with Gasteiger partial charge in [0.2, 0.25) is 0 Å². The number of nitrogens with zero attached hydrogens (tertiary/aromatic N) is 2. The van der Waals surface area contributed by atoms with Gasteiger partial charge in [-0.05, 0) is 6.07 Å². The molecule has 0 aliphatic heterocycles. The Morgan fingerprint density at radius 2 is 2.42 bits per heavy atom. The monoisotopic (exact) mass is 188 g/mol. The van der Waals surface area contributed by atoms with Crippen LogP contribution < -0.4 is 0 Å². The summed E-state index contributed by atoms with van der Waals surface area (Å²) >= 11 is 1.07. The Balaban J connectivity index is 2.71. The summed E-state index contributed by atoms with van der Waals surface area (Å²) in [6.07, 6.45) is 0. The second kappa shape index (κ2) is 3.61. The van der Waals surface area contributed by atoms with Crippen molar-refractivity contribution in [2.75, 3.05) is 7.05 Å². The van der Waals surface area contributed by atoms with Gasteiger partial charge >= 0.3 is 5.00 Å². The predicted molar refractivity (Wildman–Crippen MR) is 44.2 cm³/mol. The molecule has 5 nitrogen and oxygen atoms in total. The summed E-state index contributed by atoms with van der Waals surface area (Å²) < 4.78 is 0. The zero-order valence-electron chi connectivity index (χ0n) is 6.43. The van der Waals surface area contributed by atoms with Crippen molar-refractivity contribution in [3.63, 3.8) is 0 Å².